The number of hydrogen-bond acceptors (Lipinski definition) is 4. The van der Waals surface area contributed by atoms with Crippen molar-refractivity contribution in [1.29, 1.82) is 0 Å². The number of aromatic hydroxyl groups is 1. The van der Waals surface area contributed by atoms with Crippen molar-refractivity contribution in [2.24, 2.45) is 0 Å². The van der Waals surface area contributed by atoms with Gasteiger partial charge in [0.1, 0.15) is 0 Å². The zero-order valence-corrected chi connectivity index (χ0v) is 7.99. The van der Waals surface area contributed by atoms with Gasteiger partial charge in [0.25, 0.3) is 0 Å². The quantitative estimate of drug-likeness (QED) is 0.725. The van der Waals surface area contributed by atoms with Gasteiger partial charge in [-0.1, -0.05) is 6.07 Å². The van der Waals surface area contributed by atoms with E-state index in [4.69, 9.17) is 5.21 Å². The second-order valence-corrected chi connectivity index (χ2v) is 2.91. The first-order valence-electron chi connectivity index (χ1n) is 4.00. The summed E-state index contributed by atoms with van der Waals surface area (Å²) in [4.78, 5) is 0. The normalized spacial score (nSPS) is 10.6. The minimum Gasteiger partial charge on any atom is -0.504 e. The molecule has 0 spiro atoms. The number of ether oxygens (including phenoxy) is 1. The molecule has 5 heteroatoms. The largest absolute Gasteiger partial charge is 0.504 e. The molecule has 0 bridgehead atoms. The van der Waals surface area contributed by atoms with Crippen LogP contribution < -0.4 is 4.74 Å². The molecule has 0 aliphatic heterocycles. The third-order valence-corrected chi connectivity index (χ3v) is 1.78. The van der Waals surface area contributed by atoms with Gasteiger partial charge in [0.2, 0.25) is 5.82 Å². The van der Waals surface area contributed by atoms with Gasteiger partial charge in [-0.25, -0.2) is 0 Å². The molecule has 0 aromatic heterocycles. The molecule has 0 unspecified atom stereocenters. The molecule has 0 aliphatic carbocycles. The lowest BCUT2D eigenvalue weighted by Crippen LogP contribution is -2.12. The van der Waals surface area contributed by atoms with Crippen LogP contribution in [0.15, 0.2) is 12.1 Å². The van der Waals surface area contributed by atoms with Gasteiger partial charge in [-0.05, 0) is 6.07 Å². The molecule has 4 nitrogen and oxygen atoms in total. The van der Waals surface area contributed by atoms with Crippen LogP contribution in [0.5, 0.6) is 11.5 Å². The van der Waals surface area contributed by atoms with Crippen LogP contribution >= 0.6 is 0 Å². The first-order valence-corrected chi connectivity index (χ1v) is 4.00. The van der Waals surface area contributed by atoms with Crippen molar-refractivity contribution in [3.05, 3.63) is 23.5 Å². The number of methoxy groups -OCH3 is 1. The van der Waals surface area contributed by atoms with E-state index in [0.717, 1.165) is 5.06 Å². The lowest BCUT2D eigenvalue weighted by atomic mass is 10.2. The molecule has 14 heavy (non-hydrogen) atoms. The summed E-state index contributed by atoms with van der Waals surface area (Å²) in [5.41, 5.74) is 0.299. The number of nitrogens with zero attached hydrogens (tertiary/aromatic N) is 1. The van der Waals surface area contributed by atoms with E-state index < -0.39 is 11.6 Å². The van der Waals surface area contributed by atoms with Crippen molar-refractivity contribution >= 4 is 0 Å². The standard InChI is InChI=1S/C9H12FNO3/c1-11(13)5-6-3-4-7(14-2)8(10)9(6)12/h3-4,12-13H,5H2,1-2H3. The minimum atomic E-state index is -0.813. The molecule has 1 rings (SSSR count). The second-order valence-electron chi connectivity index (χ2n) is 2.91. The first kappa shape index (κ1) is 10.7. The molecule has 0 aliphatic rings. The monoisotopic (exact) mass is 201 g/mol. The maximum absolute atomic E-state index is 13.2. The maximum atomic E-state index is 13.2. The number of hydroxylamine groups is 2. The van der Waals surface area contributed by atoms with Gasteiger partial charge in [0.05, 0.1) is 13.7 Å². The summed E-state index contributed by atoms with van der Waals surface area (Å²) in [7, 11) is 2.72. The number of hydrogen-bond donors (Lipinski definition) is 2. The average Bonchev–Trinajstić information content (AvgIpc) is 2.13. The third kappa shape index (κ3) is 2.12. The van der Waals surface area contributed by atoms with E-state index in [1.165, 1.54) is 26.3 Å². The van der Waals surface area contributed by atoms with Gasteiger partial charge in [0.15, 0.2) is 11.5 Å². The van der Waals surface area contributed by atoms with E-state index in [1.807, 2.05) is 0 Å². The van der Waals surface area contributed by atoms with Crippen molar-refractivity contribution in [3.8, 4) is 11.5 Å². The summed E-state index contributed by atoms with van der Waals surface area (Å²) in [6.07, 6.45) is 0. The number of halogens is 1. The summed E-state index contributed by atoms with van der Waals surface area (Å²) in [6, 6.07) is 2.89. The summed E-state index contributed by atoms with van der Waals surface area (Å²) >= 11 is 0. The van der Waals surface area contributed by atoms with Gasteiger partial charge in [0, 0.05) is 12.6 Å². The highest BCUT2D eigenvalue weighted by molar-refractivity contribution is 5.41. The van der Waals surface area contributed by atoms with Crippen molar-refractivity contribution in [1.82, 2.24) is 5.06 Å². The molecule has 0 saturated heterocycles. The number of phenolic OH excluding ortho intramolecular Hbond substituents is 1. The Kier molecular flexibility index (Phi) is 3.27. The highest BCUT2D eigenvalue weighted by Gasteiger charge is 2.13. The van der Waals surface area contributed by atoms with E-state index in [9.17, 15) is 9.50 Å². The van der Waals surface area contributed by atoms with Crippen LogP contribution in [0.25, 0.3) is 0 Å². The Hall–Kier alpha value is -1.33. The predicted molar refractivity (Wildman–Crippen MR) is 47.9 cm³/mol. The highest BCUT2D eigenvalue weighted by atomic mass is 19.1. The van der Waals surface area contributed by atoms with Crippen LogP contribution in [0.1, 0.15) is 5.56 Å². The van der Waals surface area contributed by atoms with Gasteiger partial charge in [-0.15, -0.1) is 0 Å². The molecule has 0 fully saturated rings. The van der Waals surface area contributed by atoms with Crippen LogP contribution in [0.4, 0.5) is 4.39 Å². The van der Waals surface area contributed by atoms with Crippen molar-refractivity contribution in [2.45, 2.75) is 6.54 Å². The first-order chi connectivity index (χ1) is 6.56. The third-order valence-electron chi connectivity index (χ3n) is 1.78. The molecule has 1 aromatic carbocycles. The number of rotatable bonds is 3. The average molecular weight is 201 g/mol. The topological polar surface area (TPSA) is 52.9 Å². The summed E-state index contributed by atoms with van der Waals surface area (Å²) in [6.45, 7) is 0.0484. The van der Waals surface area contributed by atoms with Gasteiger partial charge >= 0.3 is 0 Å². The van der Waals surface area contributed by atoms with Crippen LogP contribution in [0.3, 0.4) is 0 Å². The minimum absolute atomic E-state index is 0.0214. The van der Waals surface area contributed by atoms with E-state index in [1.54, 1.807) is 0 Å². The number of phenols is 1. The fraction of sp³-hybridized carbons (Fsp3) is 0.333. The van der Waals surface area contributed by atoms with Crippen LogP contribution in [-0.4, -0.2) is 29.5 Å². The van der Waals surface area contributed by atoms with Gasteiger partial charge in [-0.2, -0.15) is 9.45 Å². The Labute approximate surface area is 81.1 Å². The fourth-order valence-electron chi connectivity index (χ4n) is 1.12. The van der Waals surface area contributed by atoms with E-state index in [2.05, 4.69) is 4.74 Å². The molecule has 0 heterocycles. The molecular formula is C9H12FNO3. The van der Waals surface area contributed by atoms with Crippen LogP contribution in [0, 0.1) is 5.82 Å². The second kappa shape index (κ2) is 4.26. The van der Waals surface area contributed by atoms with Crippen LogP contribution in [-0.2, 0) is 6.54 Å². The number of benzene rings is 1. The molecular weight excluding hydrogens is 189 g/mol. The molecule has 1 aromatic rings. The Morgan fingerprint density at radius 3 is 2.64 bits per heavy atom. The molecule has 0 saturated carbocycles. The summed E-state index contributed by atoms with van der Waals surface area (Å²) < 4.78 is 17.9. The van der Waals surface area contributed by atoms with Crippen molar-refractivity contribution in [2.75, 3.05) is 14.2 Å². The Morgan fingerprint density at radius 1 is 1.50 bits per heavy atom. The lowest BCUT2D eigenvalue weighted by Gasteiger charge is -2.11. The smallest absolute Gasteiger partial charge is 0.206 e. The van der Waals surface area contributed by atoms with Gasteiger partial charge in [-0.3, -0.25) is 0 Å². The maximum Gasteiger partial charge on any atom is 0.206 e. The molecule has 78 valence electrons. The SMILES string of the molecule is COc1ccc(CN(C)O)c(O)c1F. The summed E-state index contributed by atoms with van der Waals surface area (Å²) in [5.74, 6) is -1.33. The molecule has 2 N–H and O–H groups in total. The fourth-order valence-corrected chi connectivity index (χ4v) is 1.12. The van der Waals surface area contributed by atoms with Crippen LogP contribution in [0.2, 0.25) is 0 Å². The van der Waals surface area contributed by atoms with E-state index in [0.29, 0.717) is 5.56 Å². The zero-order chi connectivity index (χ0) is 10.7. The Bertz CT molecular complexity index is 328. The zero-order valence-electron chi connectivity index (χ0n) is 7.99. The molecule has 0 amide bonds. The van der Waals surface area contributed by atoms with Crippen molar-refractivity contribution in [3.63, 3.8) is 0 Å². The molecule has 0 radical (unpaired) electrons. The highest BCUT2D eigenvalue weighted by Crippen LogP contribution is 2.29. The van der Waals surface area contributed by atoms with Gasteiger partial charge < -0.3 is 15.1 Å². The molecule has 0 atom stereocenters. The predicted octanol–water partition coefficient (Wildman–Crippen LogP) is 1.36. The summed E-state index contributed by atoms with van der Waals surface area (Å²) in [5, 5.41) is 19.1. The van der Waals surface area contributed by atoms with Crippen molar-refractivity contribution < 1.29 is 19.4 Å². The lowest BCUT2D eigenvalue weighted by molar-refractivity contribution is -0.0736. The Balaban J connectivity index is 3.04. The van der Waals surface area contributed by atoms with E-state index in [-0.39, 0.29) is 12.3 Å². The van der Waals surface area contributed by atoms with E-state index >= 15 is 0 Å². The Morgan fingerprint density at radius 2 is 2.14 bits per heavy atom.